The van der Waals surface area contributed by atoms with E-state index in [0.717, 1.165) is 31.2 Å². The zero-order valence-electron chi connectivity index (χ0n) is 21.2. The predicted octanol–water partition coefficient (Wildman–Crippen LogP) is 3.52. The fourth-order valence-corrected chi connectivity index (χ4v) is 5.35. The van der Waals surface area contributed by atoms with Crippen molar-refractivity contribution < 1.29 is 24.2 Å². The molecule has 0 aliphatic carbocycles. The second-order valence-electron chi connectivity index (χ2n) is 9.86. The number of aliphatic hydroxyl groups is 1. The molecule has 3 rings (SSSR count). The maximum absolute atomic E-state index is 13.5. The summed E-state index contributed by atoms with van der Waals surface area (Å²) >= 11 is 0. The van der Waals surface area contributed by atoms with E-state index in [0.29, 0.717) is 32.4 Å². The molecule has 7 nitrogen and oxygen atoms in total. The lowest BCUT2D eigenvalue weighted by Gasteiger charge is -2.30. The van der Waals surface area contributed by atoms with Gasteiger partial charge in [-0.15, -0.1) is 13.2 Å². The lowest BCUT2D eigenvalue weighted by Crippen LogP contribution is -2.45. The highest BCUT2D eigenvalue weighted by Crippen LogP contribution is 2.26. The second kappa shape index (κ2) is 14.0. The maximum atomic E-state index is 13.5. The number of nitrogens with zero attached hydrogens (tertiary/aromatic N) is 2. The van der Waals surface area contributed by atoms with E-state index in [2.05, 4.69) is 13.2 Å². The van der Waals surface area contributed by atoms with Crippen LogP contribution in [0, 0.1) is 11.8 Å². The summed E-state index contributed by atoms with van der Waals surface area (Å²) in [6, 6.07) is 9.48. The van der Waals surface area contributed by atoms with E-state index in [1.165, 1.54) is 0 Å². The number of carbonyl (C=O) groups excluding carboxylic acids is 3. The number of hydrogen-bond acceptors (Lipinski definition) is 5. The Morgan fingerprint density at radius 1 is 0.972 bits per heavy atom. The van der Waals surface area contributed by atoms with Gasteiger partial charge in [-0.05, 0) is 50.5 Å². The van der Waals surface area contributed by atoms with E-state index in [1.54, 1.807) is 22.0 Å². The molecular formula is C29H40N2O5. The van der Waals surface area contributed by atoms with Crippen LogP contribution in [0.4, 0.5) is 0 Å². The van der Waals surface area contributed by atoms with Gasteiger partial charge in [-0.3, -0.25) is 14.4 Å². The van der Waals surface area contributed by atoms with Crippen molar-refractivity contribution in [2.75, 3.05) is 26.3 Å². The van der Waals surface area contributed by atoms with Crippen LogP contribution >= 0.6 is 0 Å². The predicted molar refractivity (Wildman–Crippen MR) is 139 cm³/mol. The molecule has 2 aliphatic rings. The van der Waals surface area contributed by atoms with Gasteiger partial charge in [0.1, 0.15) is 6.61 Å². The van der Waals surface area contributed by atoms with E-state index in [-0.39, 0.29) is 55.4 Å². The third kappa shape index (κ3) is 7.29. The zero-order valence-corrected chi connectivity index (χ0v) is 21.2. The number of ether oxygens (including phenoxy) is 1. The summed E-state index contributed by atoms with van der Waals surface area (Å²) in [6.45, 7) is 8.88. The Morgan fingerprint density at radius 3 is 2.28 bits per heavy atom. The van der Waals surface area contributed by atoms with Crippen molar-refractivity contribution in [3.05, 3.63) is 61.2 Å². The molecule has 36 heavy (non-hydrogen) atoms. The Morgan fingerprint density at radius 2 is 1.61 bits per heavy atom. The highest BCUT2D eigenvalue weighted by molar-refractivity contribution is 5.86. The molecular weight excluding hydrogens is 456 g/mol. The van der Waals surface area contributed by atoms with Crippen LogP contribution in [0.25, 0.3) is 0 Å². The third-order valence-electron chi connectivity index (χ3n) is 7.32. The molecule has 0 aromatic heterocycles. The molecule has 2 saturated heterocycles. The van der Waals surface area contributed by atoms with Crippen LogP contribution in [-0.2, 0) is 25.5 Å². The van der Waals surface area contributed by atoms with Crippen molar-refractivity contribution in [1.82, 2.24) is 9.80 Å². The van der Waals surface area contributed by atoms with Crippen molar-refractivity contribution >= 4 is 17.8 Å². The minimum Gasteiger partial charge on any atom is -0.463 e. The first-order valence-electron chi connectivity index (χ1n) is 13.1. The minimum absolute atomic E-state index is 0.0531. The van der Waals surface area contributed by atoms with Crippen LogP contribution in [0.1, 0.15) is 50.5 Å². The van der Waals surface area contributed by atoms with Gasteiger partial charge in [-0.1, -0.05) is 42.5 Å². The number of hydrogen-bond donors (Lipinski definition) is 1. The zero-order chi connectivity index (χ0) is 25.9. The summed E-state index contributed by atoms with van der Waals surface area (Å²) in [6.07, 6.45) is 8.28. The van der Waals surface area contributed by atoms with Gasteiger partial charge in [-0.25, -0.2) is 0 Å². The van der Waals surface area contributed by atoms with E-state index in [1.807, 2.05) is 30.3 Å². The Balaban J connectivity index is 1.59. The lowest BCUT2D eigenvalue weighted by molar-refractivity contribution is -0.152. The molecule has 0 unspecified atom stereocenters. The standard InChI is InChI=1S/C29H40N2O5/c1-3-10-23(19-27(33)30-16-8-14-25(30)20-32)28(34)31-17-9-15-26(31)21-36-29(35)24(11-4-2)18-22-12-6-5-7-13-22/h3-7,12-13,23-26,32H,1-2,8-11,14-21H2/t23-,24-,25+,26+/m1/s1. The number of aliphatic hydroxyl groups excluding tert-OH is 1. The number of likely N-dealkylation sites (tertiary alicyclic amines) is 2. The number of benzene rings is 1. The van der Waals surface area contributed by atoms with Crippen molar-refractivity contribution in [2.24, 2.45) is 11.8 Å². The highest BCUT2D eigenvalue weighted by Gasteiger charge is 2.36. The molecule has 2 heterocycles. The van der Waals surface area contributed by atoms with Crippen molar-refractivity contribution in [3.63, 3.8) is 0 Å². The molecule has 2 aliphatic heterocycles. The first kappa shape index (κ1) is 27.7. The first-order valence-corrected chi connectivity index (χ1v) is 13.1. The van der Waals surface area contributed by atoms with Crippen molar-refractivity contribution in [2.45, 2.75) is 63.5 Å². The summed E-state index contributed by atoms with van der Waals surface area (Å²) < 4.78 is 5.72. The Labute approximate surface area is 214 Å². The summed E-state index contributed by atoms with van der Waals surface area (Å²) in [5.41, 5.74) is 1.07. The topological polar surface area (TPSA) is 87.2 Å². The smallest absolute Gasteiger partial charge is 0.309 e. The van der Waals surface area contributed by atoms with Gasteiger partial charge in [0.2, 0.25) is 11.8 Å². The maximum Gasteiger partial charge on any atom is 0.309 e. The molecule has 1 aromatic carbocycles. The van der Waals surface area contributed by atoms with E-state index >= 15 is 0 Å². The molecule has 0 spiro atoms. The molecule has 0 radical (unpaired) electrons. The Kier molecular flexibility index (Phi) is 10.7. The number of carbonyl (C=O) groups is 3. The number of allylic oxidation sites excluding steroid dienone is 2. The fourth-order valence-electron chi connectivity index (χ4n) is 5.35. The van der Waals surface area contributed by atoms with Crippen LogP contribution in [0.5, 0.6) is 0 Å². The second-order valence-corrected chi connectivity index (χ2v) is 9.86. The number of rotatable bonds is 13. The fraction of sp³-hybridized carbons (Fsp3) is 0.552. The number of amides is 2. The molecule has 1 aromatic rings. The van der Waals surface area contributed by atoms with Crippen molar-refractivity contribution in [3.8, 4) is 0 Å². The van der Waals surface area contributed by atoms with Crippen LogP contribution in [-0.4, -0.2) is 71.1 Å². The summed E-state index contributed by atoms with van der Waals surface area (Å²) in [4.78, 5) is 42.8. The van der Waals surface area contributed by atoms with Crippen LogP contribution in [0.3, 0.4) is 0 Å². The Bertz CT molecular complexity index is 902. The monoisotopic (exact) mass is 496 g/mol. The van der Waals surface area contributed by atoms with E-state index in [9.17, 15) is 19.5 Å². The molecule has 1 N–H and O–H groups in total. The molecule has 0 bridgehead atoms. The Hall–Kier alpha value is -2.93. The molecule has 196 valence electrons. The van der Waals surface area contributed by atoms with Gasteiger partial charge < -0.3 is 19.6 Å². The summed E-state index contributed by atoms with van der Waals surface area (Å²) in [5, 5.41) is 9.57. The van der Waals surface area contributed by atoms with Crippen LogP contribution in [0.2, 0.25) is 0 Å². The molecule has 2 fully saturated rings. The largest absolute Gasteiger partial charge is 0.463 e. The van der Waals surface area contributed by atoms with Gasteiger partial charge in [0.15, 0.2) is 0 Å². The van der Waals surface area contributed by atoms with Crippen LogP contribution in [0.15, 0.2) is 55.6 Å². The van der Waals surface area contributed by atoms with E-state index in [4.69, 9.17) is 4.74 Å². The van der Waals surface area contributed by atoms with Gasteiger partial charge in [0, 0.05) is 19.5 Å². The summed E-state index contributed by atoms with van der Waals surface area (Å²) in [5.74, 6) is -1.28. The molecule has 2 amide bonds. The van der Waals surface area contributed by atoms with Gasteiger partial charge in [0.05, 0.1) is 30.5 Å². The van der Waals surface area contributed by atoms with Gasteiger partial charge >= 0.3 is 5.97 Å². The quantitative estimate of drug-likeness (QED) is 0.334. The van der Waals surface area contributed by atoms with Gasteiger partial charge in [-0.2, -0.15) is 0 Å². The molecule has 7 heteroatoms. The van der Waals surface area contributed by atoms with Crippen molar-refractivity contribution in [1.29, 1.82) is 0 Å². The average molecular weight is 497 g/mol. The first-order chi connectivity index (χ1) is 17.5. The lowest BCUT2D eigenvalue weighted by atomic mass is 9.96. The molecule has 0 saturated carbocycles. The third-order valence-corrected chi connectivity index (χ3v) is 7.32. The van der Waals surface area contributed by atoms with Crippen LogP contribution < -0.4 is 0 Å². The van der Waals surface area contributed by atoms with E-state index < -0.39 is 5.92 Å². The summed E-state index contributed by atoms with van der Waals surface area (Å²) in [7, 11) is 0. The number of esters is 1. The minimum atomic E-state index is -0.502. The average Bonchev–Trinajstić information content (AvgIpc) is 3.56. The normalized spacial score (nSPS) is 21.1. The van der Waals surface area contributed by atoms with Gasteiger partial charge in [0.25, 0.3) is 0 Å². The SMILES string of the molecule is C=CC[C@H](Cc1ccccc1)C(=O)OC[C@@H]1CCCN1C(=O)[C@H](CC=C)CC(=O)N1CCC[C@H]1CO. The highest BCUT2D eigenvalue weighted by atomic mass is 16.5. The molecule has 4 atom stereocenters.